The largest absolute Gasteiger partial charge is 0.484 e. The summed E-state index contributed by atoms with van der Waals surface area (Å²) in [6.45, 7) is -0.798. The molecule has 2 amide bonds. The molecule has 0 aliphatic heterocycles. The zero-order valence-electron chi connectivity index (χ0n) is 16.2. The zero-order valence-corrected chi connectivity index (χ0v) is 16.2. The lowest BCUT2D eigenvalue weighted by atomic mass is 10.1. The lowest BCUT2D eigenvalue weighted by molar-refractivity contribution is -0.137. The highest BCUT2D eigenvalue weighted by atomic mass is 19.4. The van der Waals surface area contributed by atoms with Crippen molar-refractivity contribution in [1.82, 2.24) is 15.1 Å². The van der Waals surface area contributed by atoms with Gasteiger partial charge in [0.05, 0.1) is 17.8 Å². The van der Waals surface area contributed by atoms with Gasteiger partial charge >= 0.3 is 6.18 Å². The number of likely N-dealkylation sites (N-methyl/N-ethyl adjacent to an activating group) is 1. The highest BCUT2D eigenvalue weighted by Gasteiger charge is 2.33. The van der Waals surface area contributed by atoms with E-state index in [-0.39, 0.29) is 12.3 Å². The molecule has 0 aliphatic rings. The molecule has 162 valence electrons. The summed E-state index contributed by atoms with van der Waals surface area (Å²) in [5.41, 5.74) is -0.674. The fourth-order valence-electron chi connectivity index (χ4n) is 2.58. The number of amides is 2. The number of halogens is 3. The molecule has 1 aromatic heterocycles. The highest BCUT2D eigenvalue weighted by Crippen LogP contribution is 2.34. The number of rotatable bonds is 7. The number of para-hydroxylation sites is 1. The molecule has 8 nitrogen and oxygen atoms in total. The molecule has 1 heterocycles. The van der Waals surface area contributed by atoms with Gasteiger partial charge in [-0.15, -0.1) is 10.2 Å². The van der Waals surface area contributed by atoms with Crippen LogP contribution in [0.1, 0.15) is 5.56 Å². The van der Waals surface area contributed by atoms with E-state index in [0.717, 1.165) is 17.0 Å². The van der Waals surface area contributed by atoms with E-state index in [1.54, 1.807) is 24.3 Å². The molecule has 0 saturated carbocycles. The number of hydrogen-bond acceptors (Lipinski definition) is 6. The van der Waals surface area contributed by atoms with Crippen LogP contribution in [0.25, 0.3) is 11.5 Å². The van der Waals surface area contributed by atoms with Crippen LogP contribution < -0.4 is 10.1 Å². The Morgan fingerprint density at radius 1 is 1.13 bits per heavy atom. The van der Waals surface area contributed by atoms with Crippen molar-refractivity contribution in [2.45, 2.75) is 6.18 Å². The maximum Gasteiger partial charge on any atom is 0.418 e. The van der Waals surface area contributed by atoms with Gasteiger partial charge in [-0.2, -0.15) is 13.2 Å². The minimum atomic E-state index is -4.61. The molecular weight excluding hydrogens is 417 g/mol. The van der Waals surface area contributed by atoms with Gasteiger partial charge in [-0.1, -0.05) is 12.1 Å². The molecule has 0 radical (unpaired) electrons. The maximum atomic E-state index is 13.0. The quantitative estimate of drug-likeness (QED) is 0.613. The number of aromatic nitrogens is 2. The third-order valence-corrected chi connectivity index (χ3v) is 4.14. The summed E-state index contributed by atoms with van der Waals surface area (Å²) >= 11 is 0. The van der Waals surface area contributed by atoms with Gasteiger partial charge in [0.25, 0.3) is 5.91 Å². The molecular formula is C20H17F3N4O4. The molecule has 0 bridgehead atoms. The Bertz CT molecular complexity index is 1040. The second-order valence-electron chi connectivity index (χ2n) is 6.40. The van der Waals surface area contributed by atoms with Crippen molar-refractivity contribution in [2.24, 2.45) is 0 Å². The van der Waals surface area contributed by atoms with Crippen molar-refractivity contribution >= 4 is 17.5 Å². The van der Waals surface area contributed by atoms with Gasteiger partial charge in [0.1, 0.15) is 5.75 Å². The van der Waals surface area contributed by atoms with Crippen LogP contribution in [0.5, 0.6) is 5.75 Å². The highest BCUT2D eigenvalue weighted by molar-refractivity contribution is 5.95. The van der Waals surface area contributed by atoms with Gasteiger partial charge in [-0.3, -0.25) is 9.59 Å². The van der Waals surface area contributed by atoms with Gasteiger partial charge in [0.15, 0.2) is 6.61 Å². The number of nitrogens with one attached hydrogen (secondary N) is 1. The predicted molar refractivity (Wildman–Crippen MR) is 103 cm³/mol. The van der Waals surface area contributed by atoms with Crippen LogP contribution in [-0.4, -0.2) is 47.1 Å². The summed E-state index contributed by atoms with van der Waals surface area (Å²) in [6, 6.07) is 11.1. The molecule has 3 aromatic rings. The summed E-state index contributed by atoms with van der Waals surface area (Å²) in [4.78, 5) is 25.3. The van der Waals surface area contributed by atoms with Crippen LogP contribution in [-0.2, 0) is 15.8 Å². The van der Waals surface area contributed by atoms with Crippen molar-refractivity contribution in [3.8, 4) is 17.2 Å². The first-order valence-corrected chi connectivity index (χ1v) is 8.93. The van der Waals surface area contributed by atoms with E-state index in [0.29, 0.717) is 17.2 Å². The lowest BCUT2D eigenvalue weighted by Gasteiger charge is -2.18. The fourth-order valence-corrected chi connectivity index (χ4v) is 2.58. The summed E-state index contributed by atoms with van der Waals surface area (Å²) < 4.78 is 49.5. The number of carbonyl (C=O) groups excluding carboxylic acids is 2. The van der Waals surface area contributed by atoms with E-state index in [1.165, 1.54) is 25.6 Å². The summed E-state index contributed by atoms with van der Waals surface area (Å²) in [5, 5.41) is 9.53. The van der Waals surface area contributed by atoms with Crippen molar-refractivity contribution in [1.29, 1.82) is 0 Å². The van der Waals surface area contributed by atoms with E-state index in [4.69, 9.17) is 9.15 Å². The Morgan fingerprint density at radius 3 is 2.48 bits per heavy atom. The first kappa shape index (κ1) is 21.8. The second kappa shape index (κ2) is 9.28. The number of benzene rings is 2. The lowest BCUT2D eigenvalue weighted by Crippen LogP contribution is -2.37. The fraction of sp³-hybridized carbons (Fsp3) is 0.200. The Hall–Kier alpha value is -3.89. The van der Waals surface area contributed by atoms with Crippen LogP contribution in [0, 0.1) is 0 Å². The number of hydrogen-bond donors (Lipinski definition) is 1. The standard InChI is InChI=1S/C20H17F3N4O4/c1-27(10-17(28)25-16-5-3-2-4-15(16)20(21,22)23)18(29)11-30-14-8-6-13(7-9-14)19-26-24-12-31-19/h2-9,12H,10-11H2,1H3,(H,25,28). The summed E-state index contributed by atoms with van der Waals surface area (Å²) in [7, 11) is 1.35. The topological polar surface area (TPSA) is 97.6 Å². The van der Waals surface area contributed by atoms with Gasteiger partial charge in [-0.25, -0.2) is 0 Å². The van der Waals surface area contributed by atoms with Gasteiger partial charge < -0.3 is 19.4 Å². The SMILES string of the molecule is CN(CC(=O)Nc1ccccc1C(F)(F)F)C(=O)COc1ccc(-c2nnco2)cc1. The molecule has 0 aliphatic carbocycles. The number of anilines is 1. The minimum Gasteiger partial charge on any atom is -0.484 e. The average Bonchev–Trinajstić information content (AvgIpc) is 3.26. The maximum absolute atomic E-state index is 13.0. The molecule has 0 atom stereocenters. The van der Waals surface area contributed by atoms with E-state index in [9.17, 15) is 22.8 Å². The molecule has 0 saturated heterocycles. The van der Waals surface area contributed by atoms with Crippen LogP contribution >= 0.6 is 0 Å². The monoisotopic (exact) mass is 434 g/mol. The molecule has 0 fully saturated rings. The number of nitrogens with zero attached hydrogens (tertiary/aromatic N) is 3. The zero-order chi connectivity index (χ0) is 22.4. The smallest absolute Gasteiger partial charge is 0.418 e. The van der Waals surface area contributed by atoms with Crippen molar-refractivity contribution in [3.05, 3.63) is 60.5 Å². The third kappa shape index (κ3) is 5.81. The first-order valence-electron chi connectivity index (χ1n) is 8.93. The van der Waals surface area contributed by atoms with E-state index in [2.05, 4.69) is 15.5 Å². The van der Waals surface area contributed by atoms with E-state index >= 15 is 0 Å². The van der Waals surface area contributed by atoms with Crippen molar-refractivity contribution < 1.29 is 31.9 Å². The Balaban J connectivity index is 1.51. The minimum absolute atomic E-state index is 0.334. The van der Waals surface area contributed by atoms with E-state index < -0.39 is 30.1 Å². The average molecular weight is 434 g/mol. The van der Waals surface area contributed by atoms with Gasteiger partial charge in [0.2, 0.25) is 18.2 Å². The molecule has 11 heteroatoms. The Labute approximate surface area is 174 Å². The van der Waals surface area contributed by atoms with Gasteiger partial charge in [0, 0.05) is 12.6 Å². The number of carbonyl (C=O) groups is 2. The molecule has 0 unspecified atom stereocenters. The molecule has 2 aromatic carbocycles. The van der Waals surface area contributed by atoms with Crippen molar-refractivity contribution in [2.75, 3.05) is 25.5 Å². The van der Waals surface area contributed by atoms with E-state index in [1.807, 2.05) is 0 Å². The second-order valence-corrected chi connectivity index (χ2v) is 6.40. The molecule has 3 rings (SSSR count). The third-order valence-electron chi connectivity index (χ3n) is 4.14. The Kier molecular flexibility index (Phi) is 6.53. The van der Waals surface area contributed by atoms with Crippen LogP contribution in [0.3, 0.4) is 0 Å². The predicted octanol–water partition coefficient (Wildman–Crippen LogP) is 3.23. The Morgan fingerprint density at radius 2 is 1.84 bits per heavy atom. The number of ether oxygens (including phenoxy) is 1. The molecule has 1 N–H and O–H groups in total. The van der Waals surface area contributed by atoms with Crippen LogP contribution in [0.2, 0.25) is 0 Å². The molecule has 0 spiro atoms. The number of alkyl halides is 3. The normalized spacial score (nSPS) is 11.1. The summed E-state index contributed by atoms with van der Waals surface area (Å²) in [5.74, 6) is -0.564. The van der Waals surface area contributed by atoms with Crippen LogP contribution in [0.15, 0.2) is 59.3 Å². The van der Waals surface area contributed by atoms with Crippen LogP contribution in [0.4, 0.5) is 18.9 Å². The molecule has 31 heavy (non-hydrogen) atoms. The van der Waals surface area contributed by atoms with Crippen molar-refractivity contribution in [3.63, 3.8) is 0 Å². The summed E-state index contributed by atoms with van der Waals surface area (Å²) in [6.07, 6.45) is -3.41. The van der Waals surface area contributed by atoms with Gasteiger partial charge in [-0.05, 0) is 36.4 Å². The first-order chi connectivity index (χ1) is 14.7.